The van der Waals surface area contributed by atoms with Crippen LogP contribution in [-0.4, -0.2) is 59.3 Å². The number of piperidine rings is 1. The van der Waals surface area contributed by atoms with E-state index in [1.54, 1.807) is 25.6 Å². The van der Waals surface area contributed by atoms with Gasteiger partial charge >= 0.3 is 6.01 Å². The van der Waals surface area contributed by atoms with Gasteiger partial charge in [-0.05, 0) is 49.6 Å². The molecule has 1 atom stereocenters. The summed E-state index contributed by atoms with van der Waals surface area (Å²) in [5.41, 5.74) is 1.43. The summed E-state index contributed by atoms with van der Waals surface area (Å²) in [6, 6.07) is 7.77. The molecule has 0 N–H and O–H groups in total. The van der Waals surface area contributed by atoms with Gasteiger partial charge in [0.25, 0.3) is 5.91 Å². The molecule has 29 heavy (non-hydrogen) atoms. The van der Waals surface area contributed by atoms with Gasteiger partial charge in [-0.25, -0.2) is 9.97 Å². The van der Waals surface area contributed by atoms with Crippen molar-refractivity contribution >= 4 is 5.91 Å². The normalized spacial score (nSPS) is 21.0. The van der Waals surface area contributed by atoms with E-state index in [4.69, 9.17) is 14.2 Å². The van der Waals surface area contributed by atoms with E-state index < -0.39 is 0 Å². The van der Waals surface area contributed by atoms with E-state index in [1.165, 1.54) is 0 Å². The predicted octanol–water partition coefficient (Wildman–Crippen LogP) is 3.03. The van der Waals surface area contributed by atoms with Crippen LogP contribution in [0.15, 0.2) is 36.7 Å². The van der Waals surface area contributed by atoms with Gasteiger partial charge in [0, 0.05) is 43.9 Å². The van der Waals surface area contributed by atoms with Gasteiger partial charge in [0.05, 0.1) is 19.3 Å². The number of aromatic nitrogens is 2. The zero-order valence-corrected chi connectivity index (χ0v) is 17.0. The fourth-order valence-electron chi connectivity index (χ4n) is 4.22. The van der Waals surface area contributed by atoms with E-state index in [0.29, 0.717) is 25.7 Å². The third-order valence-electron chi connectivity index (χ3n) is 5.89. The van der Waals surface area contributed by atoms with Crippen LogP contribution in [0.1, 0.15) is 41.6 Å². The van der Waals surface area contributed by atoms with Crippen molar-refractivity contribution in [3.05, 3.63) is 47.8 Å². The van der Waals surface area contributed by atoms with Gasteiger partial charge in [-0.1, -0.05) is 0 Å². The lowest BCUT2D eigenvalue weighted by Gasteiger charge is -2.45. The van der Waals surface area contributed by atoms with Crippen molar-refractivity contribution in [2.75, 3.05) is 26.8 Å². The third-order valence-corrected chi connectivity index (χ3v) is 5.89. The van der Waals surface area contributed by atoms with Crippen LogP contribution >= 0.6 is 0 Å². The number of hydrogen-bond acceptors (Lipinski definition) is 6. The molecule has 0 saturated carbocycles. The van der Waals surface area contributed by atoms with Crippen molar-refractivity contribution in [1.82, 2.24) is 14.9 Å². The van der Waals surface area contributed by atoms with Crippen LogP contribution in [0.3, 0.4) is 0 Å². The monoisotopic (exact) mass is 397 g/mol. The Morgan fingerprint density at radius 1 is 1.24 bits per heavy atom. The summed E-state index contributed by atoms with van der Waals surface area (Å²) in [5.74, 6) is 0.835. The summed E-state index contributed by atoms with van der Waals surface area (Å²) >= 11 is 0. The van der Waals surface area contributed by atoms with Crippen molar-refractivity contribution < 1.29 is 19.0 Å². The molecule has 0 aliphatic carbocycles. The van der Waals surface area contributed by atoms with Gasteiger partial charge < -0.3 is 19.1 Å². The van der Waals surface area contributed by atoms with Crippen LogP contribution in [-0.2, 0) is 4.74 Å². The molecular formula is C22H27N3O4. The number of methoxy groups -OCH3 is 1. The molecule has 2 aromatic rings. The van der Waals surface area contributed by atoms with Crippen LogP contribution in [0.5, 0.6) is 11.8 Å². The second kappa shape index (κ2) is 8.37. The molecule has 7 nitrogen and oxygen atoms in total. The lowest BCUT2D eigenvalue weighted by molar-refractivity contribution is -0.136. The largest absolute Gasteiger partial charge is 0.497 e. The Morgan fingerprint density at radius 2 is 2.00 bits per heavy atom. The number of carbonyl (C=O) groups excluding carboxylic acids is 1. The first kappa shape index (κ1) is 19.6. The molecule has 4 rings (SSSR count). The molecule has 0 bridgehead atoms. The highest BCUT2D eigenvalue weighted by Crippen LogP contribution is 2.36. The zero-order chi connectivity index (χ0) is 20.3. The fourth-order valence-corrected chi connectivity index (χ4v) is 4.22. The number of rotatable bonds is 4. The molecule has 0 radical (unpaired) electrons. The fraction of sp³-hybridized carbons (Fsp3) is 0.500. The third kappa shape index (κ3) is 4.34. The highest BCUT2D eigenvalue weighted by Gasteiger charge is 2.42. The van der Waals surface area contributed by atoms with Crippen LogP contribution in [0.4, 0.5) is 0 Å². The van der Waals surface area contributed by atoms with Crippen molar-refractivity contribution in [1.29, 1.82) is 0 Å². The molecule has 2 aliphatic rings. The predicted molar refractivity (Wildman–Crippen MR) is 107 cm³/mol. The minimum Gasteiger partial charge on any atom is -0.497 e. The summed E-state index contributed by atoms with van der Waals surface area (Å²) in [5, 5.41) is 0. The number of amides is 1. The summed E-state index contributed by atoms with van der Waals surface area (Å²) in [7, 11) is 1.63. The Bertz CT molecular complexity index is 850. The first-order chi connectivity index (χ1) is 14.1. The van der Waals surface area contributed by atoms with Crippen LogP contribution in [0.2, 0.25) is 0 Å². The average Bonchev–Trinajstić information content (AvgIpc) is 2.74. The first-order valence-electron chi connectivity index (χ1n) is 10.1. The number of benzene rings is 1. The van der Waals surface area contributed by atoms with E-state index in [0.717, 1.165) is 42.6 Å². The smallest absolute Gasteiger partial charge is 0.316 e. The number of hydrogen-bond donors (Lipinski definition) is 0. The van der Waals surface area contributed by atoms with Crippen LogP contribution < -0.4 is 9.47 Å². The second-order valence-corrected chi connectivity index (χ2v) is 7.77. The average molecular weight is 397 g/mol. The highest BCUT2D eigenvalue weighted by molar-refractivity contribution is 5.95. The SMILES string of the molecule is COc1ccc(C(=O)N2CCC3(CC2)CC(Oc2ncccn2)CCO3)c(C)c1. The molecule has 7 heteroatoms. The Morgan fingerprint density at radius 3 is 2.69 bits per heavy atom. The maximum atomic E-state index is 13.0. The topological polar surface area (TPSA) is 73.8 Å². The summed E-state index contributed by atoms with van der Waals surface area (Å²) in [6.45, 7) is 3.96. The molecule has 1 spiro atoms. The number of nitrogens with zero attached hydrogens (tertiary/aromatic N) is 3. The van der Waals surface area contributed by atoms with Gasteiger partial charge in [-0.15, -0.1) is 0 Å². The number of ether oxygens (including phenoxy) is 3. The van der Waals surface area contributed by atoms with Gasteiger partial charge in [0.2, 0.25) is 0 Å². The summed E-state index contributed by atoms with van der Waals surface area (Å²) < 4.78 is 17.4. The molecule has 2 fully saturated rings. The molecule has 1 unspecified atom stereocenters. The Labute approximate surface area is 171 Å². The highest BCUT2D eigenvalue weighted by atomic mass is 16.5. The Kier molecular flexibility index (Phi) is 5.67. The van der Waals surface area contributed by atoms with Crippen molar-refractivity contribution in [2.45, 2.75) is 44.3 Å². The van der Waals surface area contributed by atoms with Gasteiger partial charge in [0.1, 0.15) is 11.9 Å². The lowest BCUT2D eigenvalue weighted by Crippen LogP contribution is -2.52. The van der Waals surface area contributed by atoms with E-state index in [2.05, 4.69) is 9.97 Å². The van der Waals surface area contributed by atoms with Crippen LogP contribution in [0, 0.1) is 6.92 Å². The molecule has 2 aliphatic heterocycles. The quantitative estimate of drug-likeness (QED) is 0.790. The van der Waals surface area contributed by atoms with E-state index in [-0.39, 0.29) is 17.6 Å². The molecule has 1 aromatic heterocycles. The lowest BCUT2D eigenvalue weighted by atomic mass is 9.83. The minimum absolute atomic E-state index is 0.0391. The van der Waals surface area contributed by atoms with E-state index in [9.17, 15) is 4.79 Å². The maximum absolute atomic E-state index is 13.0. The minimum atomic E-state index is -0.233. The van der Waals surface area contributed by atoms with E-state index in [1.807, 2.05) is 30.0 Å². The Balaban J connectivity index is 1.37. The molecule has 1 aromatic carbocycles. The van der Waals surface area contributed by atoms with Crippen LogP contribution in [0.25, 0.3) is 0 Å². The first-order valence-corrected chi connectivity index (χ1v) is 10.1. The summed E-state index contributed by atoms with van der Waals surface area (Å²) in [4.78, 5) is 23.2. The van der Waals surface area contributed by atoms with Gasteiger partial charge in [0.15, 0.2) is 0 Å². The molecular weight excluding hydrogens is 370 g/mol. The van der Waals surface area contributed by atoms with Crippen molar-refractivity contribution in [3.8, 4) is 11.8 Å². The van der Waals surface area contributed by atoms with E-state index >= 15 is 0 Å². The van der Waals surface area contributed by atoms with Gasteiger partial charge in [-0.3, -0.25) is 4.79 Å². The van der Waals surface area contributed by atoms with Crippen molar-refractivity contribution in [2.24, 2.45) is 0 Å². The Hall–Kier alpha value is -2.67. The molecule has 154 valence electrons. The standard InChI is InChI=1S/C22H27N3O4/c1-16-14-17(27-2)4-5-19(16)20(26)25-11-7-22(8-12-25)15-18(6-13-28-22)29-21-23-9-3-10-24-21/h3-5,9-10,14,18H,6-8,11-13,15H2,1-2H3. The molecule has 3 heterocycles. The molecule has 2 saturated heterocycles. The summed E-state index contributed by atoms with van der Waals surface area (Å²) in [6.07, 6.45) is 6.65. The maximum Gasteiger partial charge on any atom is 0.316 e. The molecule has 1 amide bonds. The zero-order valence-electron chi connectivity index (χ0n) is 17.0. The number of aryl methyl sites for hydroxylation is 1. The van der Waals surface area contributed by atoms with Gasteiger partial charge in [-0.2, -0.15) is 0 Å². The number of carbonyl (C=O) groups is 1. The van der Waals surface area contributed by atoms with Crippen molar-refractivity contribution in [3.63, 3.8) is 0 Å². The second-order valence-electron chi connectivity index (χ2n) is 7.77. The number of likely N-dealkylation sites (tertiary alicyclic amines) is 1.